The first-order valence-corrected chi connectivity index (χ1v) is 7.32. The molecule has 5 nitrogen and oxygen atoms in total. The van der Waals surface area contributed by atoms with E-state index in [1.807, 2.05) is 18.2 Å². The maximum absolute atomic E-state index is 8.97. The zero-order valence-corrected chi connectivity index (χ0v) is 12.1. The molecular weight excluding hydrogens is 286 g/mol. The van der Waals surface area contributed by atoms with E-state index in [2.05, 4.69) is 22.4 Å². The van der Waals surface area contributed by atoms with Gasteiger partial charge in [0.2, 0.25) is 6.79 Å². The fourth-order valence-electron chi connectivity index (χ4n) is 2.60. The first kappa shape index (κ1) is 12.2. The van der Waals surface area contributed by atoms with Crippen LogP contribution >= 0.6 is 11.3 Å². The summed E-state index contributed by atoms with van der Waals surface area (Å²) in [5.74, 6) is 1.53. The summed E-state index contributed by atoms with van der Waals surface area (Å²) in [5.41, 5.74) is 3.01. The van der Waals surface area contributed by atoms with Crippen molar-refractivity contribution < 1.29 is 9.47 Å². The molecule has 0 saturated carbocycles. The van der Waals surface area contributed by atoms with Crippen LogP contribution < -0.4 is 9.47 Å². The van der Waals surface area contributed by atoms with Gasteiger partial charge < -0.3 is 9.47 Å². The lowest BCUT2D eigenvalue weighted by atomic mass is 10.1. The quantitative estimate of drug-likeness (QED) is 0.729. The SMILES string of the molecule is Cc1sc2ncc(CC#N)n2c1-c1ccc2c(c1)OCO2. The number of aryl methyl sites for hydroxylation is 1. The predicted octanol–water partition coefficient (Wildman–Crippen LogP) is 3.17. The minimum absolute atomic E-state index is 0.265. The summed E-state index contributed by atoms with van der Waals surface area (Å²) in [6, 6.07) is 8.10. The molecule has 1 aliphatic heterocycles. The van der Waals surface area contributed by atoms with Crippen molar-refractivity contribution in [2.24, 2.45) is 0 Å². The van der Waals surface area contributed by atoms with Crippen LogP contribution in [0.5, 0.6) is 11.5 Å². The van der Waals surface area contributed by atoms with Crippen molar-refractivity contribution in [2.75, 3.05) is 6.79 Å². The summed E-state index contributed by atoms with van der Waals surface area (Å²) in [7, 11) is 0. The lowest BCUT2D eigenvalue weighted by molar-refractivity contribution is 0.174. The summed E-state index contributed by atoms with van der Waals surface area (Å²) in [6.07, 6.45) is 2.11. The normalized spacial score (nSPS) is 12.8. The van der Waals surface area contributed by atoms with Gasteiger partial charge in [-0.2, -0.15) is 5.26 Å². The second-order valence-electron chi connectivity index (χ2n) is 4.78. The standard InChI is InChI=1S/C15H11N3O2S/c1-9-14(10-2-3-12-13(6-10)20-8-19-12)18-11(4-5-16)7-17-15(18)21-9/h2-3,6-7H,4,8H2,1H3. The van der Waals surface area contributed by atoms with Crippen LogP contribution in [0.1, 0.15) is 10.6 Å². The van der Waals surface area contributed by atoms with Crippen LogP contribution in [0.4, 0.5) is 0 Å². The maximum atomic E-state index is 8.97. The first-order valence-electron chi connectivity index (χ1n) is 6.50. The summed E-state index contributed by atoms with van der Waals surface area (Å²) >= 11 is 1.62. The van der Waals surface area contributed by atoms with Crippen LogP contribution in [0.25, 0.3) is 16.2 Å². The molecule has 0 unspecified atom stereocenters. The van der Waals surface area contributed by atoms with Crippen LogP contribution in [0, 0.1) is 18.3 Å². The average Bonchev–Trinajstić information content (AvgIpc) is 3.14. The van der Waals surface area contributed by atoms with E-state index in [0.717, 1.165) is 38.3 Å². The molecule has 0 amide bonds. The van der Waals surface area contributed by atoms with Gasteiger partial charge in [-0.3, -0.25) is 4.40 Å². The molecule has 0 fully saturated rings. The lowest BCUT2D eigenvalue weighted by Gasteiger charge is -2.05. The number of nitrogens with zero attached hydrogens (tertiary/aromatic N) is 3. The molecule has 0 aliphatic carbocycles. The van der Waals surface area contributed by atoms with Gasteiger partial charge in [0.25, 0.3) is 0 Å². The van der Waals surface area contributed by atoms with Gasteiger partial charge in [-0.05, 0) is 25.1 Å². The summed E-state index contributed by atoms with van der Waals surface area (Å²) < 4.78 is 12.9. The molecule has 1 aromatic carbocycles. The number of imidazole rings is 1. The van der Waals surface area contributed by atoms with Gasteiger partial charge in [-0.15, -0.1) is 11.3 Å². The highest BCUT2D eigenvalue weighted by Crippen LogP contribution is 2.39. The number of benzene rings is 1. The molecule has 0 bridgehead atoms. The molecule has 3 aromatic rings. The van der Waals surface area contributed by atoms with Crippen LogP contribution in [-0.4, -0.2) is 16.2 Å². The first-order chi connectivity index (χ1) is 10.3. The molecule has 0 N–H and O–H groups in total. The Balaban J connectivity index is 1.95. The zero-order valence-electron chi connectivity index (χ0n) is 11.3. The molecule has 4 rings (SSSR count). The highest BCUT2D eigenvalue weighted by molar-refractivity contribution is 7.17. The number of thiazole rings is 1. The minimum atomic E-state index is 0.265. The van der Waals surface area contributed by atoms with Gasteiger partial charge in [0.05, 0.1) is 30.1 Å². The maximum Gasteiger partial charge on any atom is 0.231 e. The highest BCUT2D eigenvalue weighted by Gasteiger charge is 2.19. The number of hydrogen-bond acceptors (Lipinski definition) is 5. The van der Waals surface area contributed by atoms with Gasteiger partial charge in [-0.25, -0.2) is 4.98 Å². The Bertz CT molecular complexity index is 888. The number of aromatic nitrogens is 2. The van der Waals surface area contributed by atoms with Crippen LogP contribution in [0.3, 0.4) is 0 Å². The van der Waals surface area contributed by atoms with E-state index in [0.29, 0.717) is 6.42 Å². The van der Waals surface area contributed by atoms with Gasteiger partial charge in [-0.1, -0.05) is 0 Å². The van der Waals surface area contributed by atoms with Crippen molar-refractivity contribution in [3.63, 3.8) is 0 Å². The Morgan fingerprint density at radius 1 is 1.38 bits per heavy atom. The third-order valence-electron chi connectivity index (χ3n) is 3.51. The third-order valence-corrected chi connectivity index (χ3v) is 4.48. The molecule has 2 aromatic heterocycles. The fraction of sp³-hybridized carbons (Fsp3) is 0.200. The average molecular weight is 297 g/mol. The molecule has 0 radical (unpaired) electrons. The summed E-state index contributed by atoms with van der Waals surface area (Å²) in [4.78, 5) is 6.46. The van der Waals surface area contributed by atoms with Gasteiger partial charge in [0, 0.05) is 10.4 Å². The van der Waals surface area contributed by atoms with E-state index >= 15 is 0 Å². The van der Waals surface area contributed by atoms with Crippen molar-refractivity contribution in [1.82, 2.24) is 9.38 Å². The highest BCUT2D eigenvalue weighted by atomic mass is 32.1. The van der Waals surface area contributed by atoms with Gasteiger partial charge in [0.1, 0.15) is 0 Å². The summed E-state index contributed by atoms with van der Waals surface area (Å²) in [5, 5.41) is 8.97. The van der Waals surface area contributed by atoms with E-state index in [9.17, 15) is 0 Å². The predicted molar refractivity (Wildman–Crippen MR) is 78.7 cm³/mol. The topological polar surface area (TPSA) is 59.6 Å². The third kappa shape index (κ3) is 1.78. The van der Waals surface area contributed by atoms with E-state index < -0.39 is 0 Å². The molecule has 0 saturated heterocycles. The van der Waals surface area contributed by atoms with Crippen molar-refractivity contribution >= 4 is 16.3 Å². The largest absolute Gasteiger partial charge is 0.454 e. The smallest absolute Gasteiger partial charge is 0.231 e. The molecule has 0 spiro atoms. The molecule has 0 atom stereocenters. The Hall–Kier alpha value is -2.52. The zero-order chi connectivity index (χ0) is 14.4. The fourth-order valence-corrected chi connectivity index (χ4v) is 3.59. The second kappa shape index (κ2) is 4.50. The van der Waals surface area contributed by atoms with Crippen LogP contribution in [0.2, 0.25) is 0 Å². The Morgan fingerprint density at radius 3 is 3.10 bits per heavy atom. The van der Waals surface area contributed by atoms with Crippen molar-refractivity contribution in [2.45, 2.75) is 13.3 Å². The number of ether oxygens (including phenoxy) is 2. The van der Waals surface area contributed by atoms with E-state index in [-0.39, 0.29) is 6.79 Å². The van der Waals surface area contributed by atoms with E-state index in [1.54, 1.807) is 17.5 Å². The van der Waals surface area contributed by atoms with Crippen molar-refractivity contribution in [1.29, 1.82) is 5.26 Å². The lowest BCUT2D eigenvalue weighted by Crippen LogP contribution is -1.94. The Kier molecular flexibility index (Phi) is 2.62. The van der Waals surface area contributed by atoms with Crippen molar-refractivity contribution in [3.8, 4) is 28.8 Å². The summed E-state index contributed by atoms with van der Waals surface area (Å²) in [6.45, 7) is 2.33. The number of nitriles is 1. The molecule has 21 heavy (non-hydrogen) atoms. The van der Waals surface area contributed by atoms with Gasteiger partial charge >= 0.3 is 0 Å². The monoisotopic (exact) mass is 297 g/mol. The number of hydrogen-bond donors (Lipinski definition) is 0. The molecule has 6 heteroatoms. The van der Waals surface area contributed by atoms with Crippen molar-refractivity contribution in [3.05, 3.63) is 35.0 Å². The molecule has 1 aliphatic rings. The van der Waals surface area contributed by atoms with Crippen LogP contribution in [-0.2, 0) is 6.42 Å². The molecular formula is C15H11N3O2S. The van der Waals surface area contributed by atoms with E-state index in [1.165, 1.54) is 0 Å². The van der Waals surface area contributed by atoms with Crippen LogP contribution in [0.15, 0.2) is 24.4 Å². The minimum Gasteiger partial charge on any atom is -0.454 e. The Labute approximate surface area is 125 Å². The molecule has 104 valence electrons. The molecule has 3 heterocycles. The second-order valence-corrected chi connectivity index (χ2v) is 5.96. The number of fused-ring (bicyclic) bond motifs is 2. The number of rotatable bonds is 2. The Morgan fingerprint density at radius 2 is 2.24 bits per heavy atom. The van der Waals surface area contributed by atoms with Gasteiger partial charge in [0.15, 0.2) is 16.5 Å². The van der Waals surface area contributed by atoms with E-state index in [4.69, 9.17) is 14.7 Å².